The van der Waals surface area contributed by atoms with Gasteiger partial charge in [0.1, 0.15) is 0 Å². The molecule has 1 aliphatic heterocycles. The lowest BCUT2D eigenvalue weighted by atomic mass is 9.76. The predicted molar refractivity (Wildman–Crippen MR) is 92.7 cm³/mol. The van der Waals surface area contributed by atoms with Gasteiger partial charge < -0.3 is 10.6 Å². The first-order valence-electron chi connectivity index (χ1n) is 10.2. The zero-order valence-electron chi connectivity index (χ0n) is 14.5. The van der Waals surface area contributed by atoms with Crippen molar-refractivity contribution in [3.05, 3.63) is 0 Å². The van der Waals surface area contributed by atoms with Gasteiger partial charge in [-0.05, 0) is 87.0 Å². The number of hydrogen-bond acceptors (Lipinski definition) is 2. The van der Waals surface area contributed by atoms with Crippen molar-refractivity contribution >= 4 is 0 Å². The average molecular weight is 305 g/mol. The van der Waals surface area contributed by atoms with E-state index in [1.54, 1.807) is 38.5 Å². The summed E-state index contributed by atoms with van der Waals surface area (Å²) in [6.07, 6.45) is 19.9. The van der Waals surface area contributed by atoms with E-state index >= 15 is 0 Å². The van der Waals surface area contributed by atoms with Gasteiger partial charge in [-0.15, -0.1) is 0 Å². The summed E-state index contributed by atoms with van der Waals surface area (Å²) in [7, 11) is 0. The molecule has 0 radical (unpaired) electrons. The smallest absolute Gasteiger partial charge is 0.0454 e. The molecule has 0 aromatic heterocycles. The Labute approximate surface area is 137 Å². The molecule has 2 N–H and O–H groups in total. The Morgan fingerprint density at radius 1 is 0.636 bits per heavy atom. The molecular weight excluding hydrogens is 268 g/mol. The van der Waals surface area contributed by atoms with Crippen LogP contribution in [0.5, 0.6) is 0 Å². The summed E-state index contributed by atoms with van der Waals surface area (Å²) in [4.78, 5) is 0. The molecule has 3 atom stereocenters. The van der Waals surface area contributed by atoms with Gasteiger partial charge in [-0.1, -0.05) is 25.7 Å². The zero-order chi connectivity index (χ0) is 14.9. The van der Waals surface area contributed by atoms with Gasteiger partial charge in [0, 0.05) is 13.2 Å². The number of nitrogens with one attached hydrogen (secondary N) is 2. The van der Waals surface area contributed by atoms with Gasteiger partial charge >= 0.3 is 0 Å². The fourth-order valence-electron chi connectivity index (χ4n) is 6.58. The molecule has 2 nitrogen and oxygen atoms in total. The minimum Gasteiger partial charge on any atom is -0.304 e. The topological polar surface area (TPSA) is 24.1 Å². The highest BCUT2D eigenvalue weighted by Gasteiger charge is 2.43. The summed E-state index contributed by atoms with van der Waals surface area (Å²) in [6.45, 7) is 3.53. The van der Waals surface area contributed by atoms with Crippen LogP contribution >= 0.6 is 0 Å². The maximum atomic E-state index is 3.64. The van der Waals surface area contributed by atoms with Crippen LogP contribution in [0.3, 0.4) is 0 Å². The van der Waals surface area contributed by atoms with Crippen molar-refractivity contribution in [3.8, 4) is 0 Å². The van der Waals surface area contributed by atoms with Crippen LogP contribution in [0.4, 0.5) is 0 Å². The molecule has 0 aromatic rings. The fourth-order valence-corrected chi connectivity index (χ4v) is 6.58. The highest BCUT2D eigenvalue weighted by atomic mass is 15.1. The van der Waals surface area contributed by atoms with E-state index in [4.69, 9.17) is 0 Å². The van der Waals surface area contributed by atoms with Gasteiger partial charge in [0.25, 0.3) is 0 Å². The Morgan fingerprint density at radius 3 is 2.32 bits per heavy atom. The fraction of sp³-hybridized carbons (Fsp3) is 1.00. The van der Waals surface area contributed by atoms with E-state index in [0.717, 1.165) is 23.9 Å². The zero-order valence-corrected chi connectivity index (χ0v) is 14.5. The second kappa shape index (κ2) is 6.43. The lowest BCUT2D eigenvalue weighted by molar-refractivity contribution is 0.218. The van der Waals surface area contributed by atoms with Gasteiger partial charge in [0.2, 0.25) is 0 Å². The lowest BCUT2D eigenvalue weighted by Crippen LogP contribution is -2.32. The van der Waals surface area contributed by atoms with E-state index in [0.29, 0.717) is 5.41 Å². The maximum absolute atomic E-state index is 3.64. The lowest BCUT2D eigenvalue weighted by Gasteiger charge is -2.30. The van der Waals surface area contributed by atoms with Crippen LogP contribution in [0.1, 0.15) is 83.5 Å². The Morgan fingerprint density at radius 2 is 1.41 bits per heavy atom. The molecule has 2 spiro atoms. The van der Waals surface area contributed by atoms with Gasteiger partial charge in [-0.25, -0.2) is 0 Å². The molecule has 4 rings (SSSR count). The van der Waals surface area contributed by atoms with E-state index < -0.39 is 0 Å². The Balaban J connectivity index is 1.36. The van der Waals surface area contributed by atoms with Crippen molar-refractivity contribution in [2.75, 3.05) is 19.8 Å². The summed E-state index contributed by atoms with van der Waals surface area (Å²) >= 11 is 0. The number of rotatable bonds is 1. The van der Waals surface area contributed by atoms with Gasteiger partial charge in [0.05, 0.1) is 0 Å². The highest BCUT2D eigenvalue weighted by Crippen LogP contribution is 2.53. The van der Waals surface area contributed by atoms with Crippen LogP contribution in [0.2, 0.25) is 0 Å². The molecular formula is C20H36N2. The molecule has 1 heterocycles. The molecule has 0 aromatic carbocycles. The van der Waals surface area contributed by atoms with Crippen molar-refractivity contribution in [3.63, 3.8) is 0 Å². The van der Waals surface area contributed by atoms with E-state index in [1.807, 2.05) is 0 Å². The SMILES string of the molecule is C1CCC2(C1)CCCC(C1CCC3(CCNCNC3)C1)CC2. The maximum Gasteiger partial charge on any atom is 0.0454 e. The first kappa shape index (κ1) is 15.4. The molecule has 3 unspecified atom stereocenters. The summed E-state index contributed by atoms with van der Waals surface area (Å²) in [5.41, 5.74) is 1.45. The molecule has 0 bridgehead atoms. The van der Waals surface area contributed by atoms with Crippen LogP contribution < -0.4 is 10.6 Å². The largest absolute Gasteiger partial charge is 0.304 e. The van der Waals surface area contributed by atoms with E-state index in [2.05, 4.69) is 10.6 Å². The molecule has 4 fully saturated rings. The third-order valence-corrected chi connectivity index (χ3v) is 7.98. The second-order valence-electron chi connectivity index (χ2n) is 9.25. The van der Waals surface area contributed by atoms with Crippen LogP contribution in [0.25, 0.3) is 0 Å². The van der Waals surface area contributed by atoms with Gasteiger partial charge in [-0.3, -0.25) is 0 Å². The molecule has 22 heavy (non-hydrogen) atoms. The minimum absolute atomic E-state index is 0.644. The van der Waals surface area contributed by atoms with Gasteiger partial charge in [0.15, 0.2) is 0 Å². The summed E-state index contributed by atoms with van der Waals surface area (Å²) < 4.78 is 0. The van der Waals surface area contributed by atoms with Crippen LogP contribution in [0.15, 0.2) is 0 Å². The quantitative estimate of drug-likeness (QED) is 0.747. The average Bonchev–Trinajstić information content (AvgIpc) is 3.00. The third kappa shape index (κ3) is 3.11. The van der Waals surface area contributed by atoms with Crippen LogP contribution in [-0.4, -0.2) is 19.8 Å². The third-order valence-electron chi connectivity index (χ3n) is 7.98. The normalized spacial score (nSPS) is 42.5. The summed E-state index contributed by atoms with van der Waals surface area (Å²) in [5.74, 6) is 2.12. The van der Waals surface area contributed by atoms with E-state index in [1.165, 1.54) is 58.0 Å². The first-order valence-corrected chi connectivity index (χ1v) is 10.2. The monoisotopic (exact) mass is 304 g/mol. The Bertz CT molecular complexity index is 362. The molecule has 3 saturated carbocycles. The molecule has 0 amide bonds. The summed E-state index contributed by atoms with van der Waals surface area (Å²) in [6, 6.07) is 0. The molecule has 126 valence electrons. The highest BCUT2D eigenvalue weighted by molar-refractivity contribution is 4.96. The molecule has 3 aliphatic carbocycles. The van der Waals surface area contributed by atoms with Crippen molar-refractivity contribution in [2.24, 2.45) is 22.7 Å². The first-order chi connectivity index (χ1) is 10.8. The summed E-state index contributed by atoms with van der Waals surface area (Å²) in [5, 5.41) is 7.17. The second-order valence-corrected chi connectivity index (χ2v) is 9.25. The minimum atomic E-state index is 0.644. The van der Waals surface area contributed by atoms with E-state index in [-0.39, 0.29) is 0 Å². The van der Waals surface area contributed by atoms with Gasteiger partial charge in [-0.2, -0.15) is 0 Å². The van der Waals surface area contributed by atoms with Crippen molar-refractivity contribution in [1.82, 2.24) is 10.6 Å². The number of hydrogen-bond donors (Lipinski definition) is 2. The molecule has 4 aliphatic rings. The predicted octanol–water partition coefficient (Wildman–Crippen LogP) is 4.45. The van der Waals surface area contributed by atoms with Crippen molar-refractivity contribution < 1.29 is 0 Å². The van der Waals surface area contributed by atoms with E-state index in [9.17, 15) is 0 Å². The van der Waals surface area contributed by atoms with Crippen LogP contribution in [-0.2, 0) is 0 Å². The molecule has 2 heteroatoms. The van der Waals surface area contributed by atoms with Crippen molar-refractivity contribution in [1.29, 1.82) is 0 Å². The Kier molecular flexibility index (Phi) is 4.52. The molecule has 1 saturated heterocycles. The van der Waals surface area contributed by atoms with Crippen molar-refractivity contribution in [2.45, 2.75) is 83.5 Å². The standard InChI is InChI=1S/C20H36N2/c1-2-8-19(7-1)9-3-4-17(5-10-19)18-6-11-20(14-18)12-13-21-16-22-15-20/h17-18,21-22H,1-16H2. The van der Waals surface area contributed by atoms with Crippen LogP contribution in [0, 0.1) is 22.7 Å². The Hall–Kier alpha value is -0.0800.